The minimum atomic E-state index is -0.415. The molecule has 0 saturated carbocycles. The number of rotatable bonds is 8. The van der Waals surface area contributed by atoms with Crippen LogP contribution < -0.4 is 9.59 Å². The number of hydrogen-bond donors (Lipinski definition) is 0. The monoisotopic (exact) mass is 343 g/mol. The number of nitrogens with zero attached hydrogens (tertiary/aromatic N) is 1. The number of carbonyl (C=O) groups excluding carboxylic acids is 1. The molecule has 0 atom stereocenters. The molecule has 0 N–H and O–H groups in total. The first-order chi connectivity index (χ1) is 10.4. The van der Waals surface area contributed by atoms with Gasteiger partial charge in [-0.15, -0.1) is 0 Å². The number of hydroxylamine groups is 1. The van der Waals surface area contributed by atoms with Gasteiger partial charge in [-0.2, -0.15) is 0 Å². The van der Waals surface area contributed by atoms with Crippen molar-refractivity contribution in [1.82, 2.24) is 0 Å². The standard InChI is InChI=1S/C15H22NO4PS/c1-6-18-16(10(2)3)14-12(15(17)19-11(4)5)8-7-9-13(14)20-21-22/h7-11H,6H2,1-5H3. The Hall–Kier alpha value is -1.23. The second-order valence-corrected chi connectivity index (χ2v) is 5.89. The van der Waals surface area contributed by atoms with E-state index in [2.05, 4.69) is 0 Å². The molecule has 0 aliphatic rings. The van der Waals surface area contributed by atoms with Gasteiger partial charge in [-0.1, -0.05) is 6.07 Å². The number of carbonyl (C=O) groups is 1. The lowest BCUT2D eigenvalue weighted by Crippen LogP contribution is -2.33. The number of para-hydroxylation sites is 1. The van der Waals surface area contributed by atoms with Gasteiger partial charge in [0.2, 0.25) is 7.58 Å². The van der Waals surface area contributed by atoms with Crippen molar-refractivity contribution in [3.8, 4) is 5.75 Å². The van der Waals surface area contributed by atoms with Crippen molar-refractivity contribution in [2.24, 2.45) is 0 Å². The van der Waals surface area contributed by atoms with Crippen molar-refractivity contribution < 1.29 is 18.9 Å². The summed E-state index contributed by atoms with van der Waals surface area (Å²) >= 11 is 4.86. The molecule has 0 unspecified atom stereocenters. The highest BCUT2D eigenvalue weighted by Crippen LogP contribution is 2.36. The molecule has 0 saturated heterocycles. The van der Waals surface area contributed by atoms with E-state index < -0.39 is 5.97 Å². The van der Waals surface area contributed by atoms with Crippen molar-refractivity contribution >= 4 is 31.0 Å². The van der Waals surface area contributed by atoms with Gasteiger partial charge in [-0.25, -0.2) is 9.86 Å². The summed E-state index contributed by atoms with van der Waals surface area (Å²) in [5.74, 6) is 0.0823. The van der Waals surface area contributed by atoms with Crippen LogP contribution in [0.5, 0.6) is 5.75 Å². The summed E-state index contributed by atoms with van der Waals surface area (Å²) in [5.41, 5.74) is 0.939. The van der Waals surface area contributed by atoms with Gasteiger partial charge >= 0.3 is 5.97 Å². The summed E-state index contributed by atoms with van der Waals surface area (Å²) in [7, 11) is 0.327. The van der Waals surface area contributed by atoms with Gasteiger partial charge in [-0.3, -0.25) is 4.84 Å². The minimum absolute atomic E-state index is 0.0112. The highest BCUT2D eigenvalue weighted by Gasteiger charge is 2.25. The summed E-state index contributed by atoms with van der Waals surface area (Å²) in [6.45, 7) is 9.91. The van der Waals surface area contributed by atoms with E-state index in [0.29, 0.717) is 31.2 Å². The lowest BCUT2D eigenvalue weighted by Gasteiger charge is -2.30. The topological polar surface area (TPSA) is 48.0 Å². The maximum absolute atomic E-state index is 12.4. The predicted octanol–water partition coefficient (Wildman–Crippen LogP) is 4.12. The average Bonchev–Trinajstić information content (AvgIpc) is 2.44. The van der Waals surface area contributed by atoms with Crippen LogP contribution in [-0.4, -0.2) is 24.7 Å². The Balaban J connectivity index is 3.39. The molecule has 0 bridgehead atoms. The summed E-state index contributed by atoms with van der Waals surface area (Å²) in [5, 5.41) is 1.66. The molecule has 1 rings (SSSR count). The Morgan fingerprint density at radius 2 is 2.00 bits per heavy atom. The van der Waals surface area contributed by atoms with Crippen LogP contribution in [0.15, 0.2) is 18.2 Å². The van der Waals surface area contributed by atoms with E-state index in [-0.39, 0.29) is 12.1 Å². The van der Waals surface area contributed by atoms with Crippen LogP contribution >= 0.6 is 7.58 Å². The minimum Gasteiger partial charge on any atom is -0.459 e. The van der Waals surface area contributed by atoms with Crippen molar-refractivity contribution in [3.63, 3.8) is 0 Å². The lowest BCUT2D eigenvalue weighted by molar-refractivity contribution is 0.0372. The first-order valence-electron chi connectivity index (χ1n) is 7.18. The first-order valence-corrected chi connectivity index (χ1v) is 9.00. The van der Waals surface area contributed by atoms with Gasteiger partial charge in [0, 0.05) is 0 Å². The largest absolute Gasteiger partial charge is 0.459 e. The van der Waals surface area contributed by atoms with Crippen molar-refractivity contribution in [1.29, 1.82) is 0 Å². The summed E-state index contributed by atoms with van der Waals surface area (Å²) < 4.78 is 10.8. The fraction of sp³-hybridized carbons (Fsp3) is 0.533. The predicted molar refractivity (Wildman–Crippen MR) is 91.1 cm³/mol. The molecule has 0 aromatic heterocycles. The van der Waals surface area contributed by atoms with Gasteiger partial charge in [0.1, 0.15) is 5.69 Å². The molecule has 0 heterocycles. The Kier molecular flexibility index (Phi) is 7.73. The third-order valence-corrected chi connectivity index (χ3v) is 3.15. The molecule has 0 amide bonds. The van der Waals surface area contributed by atoms with E-state index in [1.54, 1.807) is 23.3 Å². The number of esters is 1. The van der Waals surface area contributed by atoms with E-state index in [4.69, 9.17) is 25.9 Å². The van der Waals surface area contributed by atoms with Crippen LogP contribution in [-0.2, 0) is 21.4 Å². The number of hydrogen-bond acceptors (Lipinski definition) is 6. The van der Waals surface area contributed by atoms with Crippen molar-refractivity contribution in [2.75, 3.05) is 11.7 Å². The smallest absolute Gasteiger partial charge is 0.340 e. The van der Waals surface area contributed by atoms with E-state index in [0.717, 1.165) is 0 Å². The molecule has 0 spiro atoms. The van der Waals surface area contributed by atoms with Gasteiger partial charge < -0.3 is 9.26 Å². The summed E-state index contributed by atoms with van der Waals surface area (Å²) in [4.78, 5) is 18.1. The number of anilines is 1. The zero-order chi connectivity index (χ0) is 16.7. The zero-order valence-electron chi connectivity index (χ0n) is 13.5. The van der Waals surface area contributed by atoms with Crippen LogP contribution in [0.3, 0.4) is 0 Å². The highest BCUT2D eigenvalue weighted by molar-refractivity contribution is 7.94. The molecular weight excluding hydrogens is 321 g/mol. The van der Waals surface area contributed by atoms with Crippen LogP contribution in [0.1, 0.15) is 45.0 Å². The molecular formula is C15H22NO4PS. The van der Waals surface area contributed by atoms with E-state index in [1.165, 1.54) is 0 Å². The third kappa shape index (κ3) is 4.90. The molecule has 1 aromatic carbocycles. The van der Waals surface area contributed by atoms with Crippen LogP contribution in [0, 0.1) is 0 Å². The molecule has 0 fully saturated rings. The van der Waals surface area contributed by atoms with Crippen molar-refractivity contribution in [2.45, 2.75) is 46.8 Å². The normalized spacial score (nSPS) is 11.0. The molecule has 0 radical (unpaired) electrons. The highest BCUT2D eigenvalue weighted by atomic mass is 32.4. The molecule has 122 valence electrons. The summed E-state index contributed by atoms with van der Waals surface area (Å²) in [6, 6.07) is 5.20. The van der Waals surface area contributed by atoms with Gasteiger partial charge in [0.25, 0.3) is 0 Å². The molecule has 7 heteroatoms. The quantitative estimate of drug-likeness (QED) is 0.402. The fourth-order valence-corrected chi connectivity index (χ4v) is 2.39. The van der Waals surface area contributed by atoms with Crippen LogP contribution in [0.2, 0.25) is 0 Å². The van der Waals surface area contributed by atoms with Crippen LogP contribution in [0.25, 0.3) is 0 Å². The van der Waals surface area contributed by atoms with Crippen molar-refractivity contribution in [3.05, 3.63) is 23.8 Å². The van der Waals surface area contributed by atoms with Gasteiger partial charge in [0.15, 0.2) is 5.75 Å². The Morgan fingerprint density at radius 3 is 2.50 bits per heavy atom. The van der Waals surface area contributed by atoms with E-state index in [1.807, 2.05) is 34.6 Å². The Morgan fingerprint density at radius 1 is 1.32 bits per heavy atom. The van der Waals surface area contributed by atoms with Gasteiger partial charge in [-0.05, 0) is 58.6 Å². The number of benzene rings is 1. The molecule has 1 aromatic rings. The first kappa shape index (κ1) is 18.8. The van der Waals surface area contributed by atoms with Crippen LogP contribution in [0.4, 0.5) is 5.69 Å². The fourth-order valence-electron chi connectivity index (χ4n) is 1.92. The Labute approximate surface area is 138 Å². The number of ether oxygens (including phenoxy) is 1. The van der Waals surface area contributed by atoms with E-state index in [9.17, 15) is 4.79 Å². The van der Waals surface area contributed by atoms with E-state index >= 15 is 0 Å². The molecule has 5 nitrogen and oxygen atoms in total. The Bertz CT molecular complexity index is 522. The summed E-state index contributed by atoms with van der Waals surface area (Å²) in [6.07, 6.45) is -0.207. The second kappa shape index (κ2) is 9.03. The second-order valence-electron chi connectivity index (χ2n) is 5.11. The molecule has 22 heavy (non-hydrogen) atoms. The lowest BCUT2D eigenvalue weighted by atomic mass is 10.1. The molecule has 0 aliphatic carbocycles. The van der Waals surface area contributed by atoms with Gasteiger partial charge in [0.05, 0.1) is 24.3 Å². The maximum Gasteiger partial charge on any atom is 0.340 e. The zero-order valence-corrected chi connectivity index (χ0v) is 15.2. The third-order valence-electron chi connectivity index (χ3n) is 2.65. The maximum atomic E-state index is 12.4. The SMILES string of the molecule is CCON(c1c(OP=S)cccc1C(=O)OC(C)C)C(C)C. The average molecular weight is 343 g/mol. The molecule has 0 aliphatic heterocycles.